The summed E-state index contributed by atoms with van der Waals surface area (Å²) in [4.78, 5) is 4.62. The summed E-state index contributed by atoms with van der Waals surface area (Å²) in [5, 5.41) is 10.8. The maximum atomic E-state index is 5.97. The van der Waals surface area contributed by atoms with Crippen LogP contribution in [0, 0.1) is 6.92 Å². The van der Waals surface area contributed by atoms with Gasteiger partial charge in [-0.25, -0.2) is 4.99 Å². The number of nitrogens with zero attached hydrogens (tertiary/aromatic N) is 3. The highest BCUT2D eigenvalue weighted by atomic mass is 127. The van der Waals surface area contributed by atoms with E-state index in [0.717, 1.165) is 43.3 Å². The Morgan fingerprint density at radius 1 is 1.27 bits per heavy atom. The molecule has 2 aromatic rings. The first-order chi connectivity index (χ1) is 12.2. The van der Waals surface area contributed by atoms with Gasteiger partial charge in [-0.15, -0.1) is 24.0 Å². The number of aliphatic imine (C=N–C) groups is 1. The topological polar surface area (TPSA) is 63.5 Å². The summed E-state index contributed by atoms with van der Waals surface area (Å²) in [6.07, 6.45) is 4.78. The molecule has 1 aromatic heterocycles. The summed E-state index contributed by atoms with van der Waals surface area (Å²) < 4.78 is 7.91. The fourth-order valence-corrected chi connectivity index (χ4v) is 2.38. The number of para-hydroxylation sites is 1. The number of nitrogens with one attached hydrogen (secondary N) is 2. The second-order valence-electron chi connectivity index (χ2n) is 5.96. The van der Waals surface area contributed by atoms with Crippen LogP contribution >= 0.6 is 24.0 Å². The van der Waals surface area contributed by atoms with Gasteiger partial charge in [0.05, 0.1) is 6.54 Å². The summed E-state index contributed by atoms with van der Waals surface area (Å²) >= 11 is 0. The number of halogens is 1. The lowest BCUT2D eigenvalue weighted by Gasteiger charge is -2.16. The fourth-order valence-electron chi connectivity index (χ4n) is 2.38. The summed E-state index contributed by atoms with van der Waals surface area (Å²) in [6.45, 7) is 9.33. The molecule has 144 valence electrons. The van der Waals surface area contributed by atoms with Crippen molar-refractivity contribution in [2.75, 3.05) is 19.6 Å². The molecular formula is C19H30IN5O. The van der Waals surface area contributed by atoms with E-state index in [1.807, 2.05) is 42.1 Å². The van der Waals surface area contributed by atoms with E-state index in [-0.39, 0.29) is 30.1 Å². The van der Waals surface area contributed by atoms with Crippen molar-refractivity contribution < 1.29 is 4.74 Å². The van der Waals surface area contributed by atoms with Crippen LogP contribution in [-0.4, -0.2) is 41.5 Å². The predicted octanol–water partition coefficient (Wildman–Crippen LogP) is 3.22. The minimum atomic E-state index is 0. The largest absolute Gasteiger partial charge is 0.489 e. The van der Waals surface area contributed by atoms with Crippen LogP contribution in [0.2, 0.25) is 0 Å². The van der Waals surface area contributed by atoms with Crippen molar-refractivity contribution in [1.29, 1.82) is 0 Å². The first kappa shape index (κ1) is 22.3. The molecule has 26 heavy (non-hydrogen) atoms. The third-order valence-electron chi connectivity index (χ3n) is 3.69. The number of hydrogen-bond donors (Lipinski definition) is 2. The van der Waals surface area contributed by atoms with Crippen molar-refractivity contribution >= 4 is 29.9 Å². The van der Waals surface area contributed by atoms with Gasteiger partial charge in [-0.05, 0) is 44.9 Å². The van der Waals surface area contributed by atoms with E-state index in [2.05, 4.69) is 40.6 Å². The highest BCUT2D eigenvalue weighted by molar-refractivity contribution is 14.0. The molecular weight excluding hydrogens is 441 g/mol. The smallest absolute Gasteiger partial charge is 0.191 e. The van der Waals surface area contributed by atoms with Crippen LogP contribution < -0.4 is 15.4 Å². The summed E-state index contributed by atoms with van der Waals surface area (Å²) in [6, 6.07) is 9.99. The Balaban J connectivity index is 0.00000338. The van der Waals surface area contributed by atoms with E-state index in [1.165, 1.54) is 0 Å². The number of rotatable bonds is 9. The van der Waals surface area contributed by atoms with Gasteiger partial charge < -0.3 is 15.4 Å². The molecule has 0 fully saturated rings. The first-order valence-corrected chi connectivity index (χ1v) is 8.91. The van der Waals surface area contributed by atoms with Crippen LogP contribution in [-0.2, 0) is 6.54 Å². The average molecular weight is 471 g/mol. The number of ether oxygens (including phenoxy) is 1. The van der Waals surface area contributed by atoms with Gasteiger partial charge in [0.15, 0.2) is 5.96 Å². The lowest BCUT2D eigenvalue weighted by atomic mass is 10.2. The number of hydrogen-bond acceptors (Lipinski definition) is 3. The van der Waals surface area contributed by atoms with Crippen molar-refractivity contribution in [1.82, 2.24) is 20.4 Å². The van der Waals surface area contributed by atoms with Crippen molar-refractivity contribution in [3.05, 3.63) is 48.3 Å². The van der Waals surface area contributed by atoms with E-state index < -0.39 is 0 Å². The molecule has 0 radical (unpaired) electrons. The third-order valence-corrected chi connectivity index (χ3v) is 3.69. The van der Waals surface area contributed by atoms with Crippen molar-refractivity contribution in [3.8, 4) is 5.75 Å². The van der Waals surface area contributed by atoms with E-state index in [9.17, 15) is 0 Å². The molecule has 1 heterocycles. The molecule has 1 unspecified atom stereocenters. The maximum absolute atomic E-state index is 5.97. The summed E-state index contributed by atoms with van der Waals surface area (Å²) in [7, 11) is 0. The van der Waals surface area contributed by atoms with Gasteiger partial charge in [-0.2, -0.15) is 5.10 Å². The molecule has 1 atom stereocenters. The highest BCUT2D eigenvalue weighted by Crippen LogP contribution is 2.17. The van der Waals surface area contributed by atoms with Crippen LogP contribution in [0.5, 0.6) is 5.75 Å². The van der Waals surface area contributed by atoms with Gasteiger partial charge in [0, 0.05) is 32.0 Å². The quantitative estimate of drug-likeness (QED) is 0.255. The molecule has 0 amide bonds. The molecule has 0 aliphatic carbocycles. The Labute approximate surface area is 173 Å². The predicted molar refractivity (Wildman–Crippen MR) is 118 cm³/mol. The Morgan fingerprint density at radius 3 is 2.77 bits per heavy atom. The van der Waals surface area contributed by atoms with E-state index in [1.54, 1.807) is 6.20 Å². The van der Waals surface area contributed by atoms with Gasteiger partial charge in [0.2, 0.25) is 0 Å². The summed E-state index contributed by atoms with van der Waals surface area (Å²) in [5.41, 5.74) is 1.14. The second kappa shape index (κ2) is 12.6. The Kier molecular flexibility index (Phi) is 10.8. The molecule has 2 rings (SSSR count). The molecule has 0 saturated carbocycles. The highest BCUT2D eigenvalue weighted by Gasteiger charge is 2.06. The van der Waals surface area contributed by atoms with Gasteiger partial charge in [-0.1, -0.05) is 18.2 Å². The number of benzene rings is 1. The molecule has 0 saturated heterocycles. The van der Waals surface area contributed by atoms with Gasteiger partial charge >= 0.3 is 0 Å². The fraction of sp³-hybridized carbons (Fsp3) is 0.474. The van der Waals surface area contributed by atoms with Crippen LogP contribution in [0.25, 0.3) is 0 Å². The molecule has 1 aromatic carbocycles. The second-order valence-corrected chi connectivity index (χ2v) is 5.96. The number of aromatic nitrogens is 2. The zero-order valence-electron chi connectivity index (χ0n) is 15.8. The van der Waals surface area contributed by atoms with E-state index in [4.69, 9.17) is 4.74 Å². The Bertz CT molecular complexity index is 645. The van der Waals surface area contributed by atoms with Crippen molar-refractivity contribution in [2.24, 2.45) is 4.99 Å². The number of aryl methyl sites for hydroxylation is 2. The monoisotopic (exact) mass is 471 g/mol. The first-order valence-electron chi connectivity index (χ1n) is 8.91. The van der Waals surface area contributed by atoms with Gasteiger partial charge in [0.25, 0.3) is 0 Å². The lowest BCUT2D eigenvalue weighted by Crippen LogP contribution is -2.38. The molecule has 0 aliphatic heterocycles. The molecule has 0 spiro atoms. The van der Waals surface area contributed by atoms with Crippen LogP contribution in [0.3, 0.4) is 0 Å². The van der Waals surface area contributed by atoms with Crippen molar-refractivity contribution in [3.63, 3.8) is 0 Å². The van der Waals surface area contributed by atoms with Gasteiger partial charge in [0.1, 0.15) is 11.9 Å². The standard InChI is InChI=1S/C19H29N5O.HI/c1-4-20-19(21-11-7-13-24-14-8-12-23-24)22-15-17(3)25-18-10-6-5-9-16(18)2;/h5-6,8-10,12,14,17H,4,7,11,13,15H2,1-3H3,(H2,20,21,22);1H. The Hall–Kier alpha value is -1.77. The van der Waals surface area contributed by atoms with Crippen LogP contribution in [0.15, 0.2) is 47.7 Å². The van der Waals surface area contributed by atoms with Crippen LogP contribution in [0.4, 0.5) is 0 Å². The maximum Gasteiger partial charge on any atom is 0.191 e. The molecule has 6 nitrogen and oxygen atoms in total. The minimum Gasteiger partial charge on any atom is -0.489 e. The zero-order valence-corrected chi connectivity index (χ0v) is 18.1. The zero-order chi connectivity index (χ0) is 17.9. The molecule has 7 heteroatoms. The average Bonchev–Trinajstić information content (AvgIpc) is 3.12. The van der Waals surface area contributed by atoms with Crippen molar-refractivity contribution in [2.45, 2.75) is 39.8 Å². The minimum absolute atomic E-state index is 0. The SMILES string of the molecule is CCNC(=NCC(C)Oc1ccccc1C)NCCCn1cccn1.I. The third kappa shape index (κ3) is 8.07. The lowest BCUT2D eigenvalue weighted by molar-refractivity contribution is 0.228. The molecule has 0 bridgehead atoms. The Morgan fingerprint density at radius 2 is 2.08 bits per heavy atom. The molecule has 2 N–H and O–H groups in total. The number of guanidine groups is 1. The van der Waals surface area contributed by atoms with Gasteiger partial charge in [-0.3, -0.25) is 4.68 Å². The van der Waals surface area contributed by atoms with Crippen LogP contribution in [0.1, 0.15) is 25.8 Å². The summed E-state index contributed by atoms with van der Waals surface area (Å²) in [5.74, 6) is 1.74. The van der Waals surface area contributed by atoms with E-state index in [0.29, 0.717) is 6.54 Å². The van der Waals surface area contributed by atoms with E-state index >= 15 is 0 Å². The normalized spacial score (nSPS) is 12.2. The molecule has 0 aliphatic rings.